The molecule has 0 saturated heterocycles. The molecule has 0 amide bonds. The van der Waals surface area contributed by atoms with Crippen molar-refractivity contribution in [1.82, 2.24) is 4.72 Å². The van der Waals surface area contributed by atoms with Gasteiger partial charge in [0.15, 0.2) is 0 Å². The van der Waals surface area contributed by atoms with Crippen molar-refractivity contribution in [3.8, 4) is 0 Å². The third-order valence-corrected chi connectivity index (χ3v) is 4.04. The largest absolute Gasteiger partial charge is 0.393 e. The molecule has 0 aliphatic rings. The van der Waals surface area contributed by atoms with Gasteiger partial charge in [-0.2, -0.15) is 13.2 Å². The van der Waals surface area contributed by atoms with Crippen molar-refractivity contribution < 1.29 is 21.6 Å². The highest BCUT2D eigenvalue weighted by Gasteiger charge is 2.27. The van der Waals surface area contributed by atoms with E-state index in [4.69, 9.17) is 5.73 Å². The SMILES string of the molecule is Cl.NCCCCNS(=O)(=O)c1ccc(CC(F)(F)F)cc1. The van der Waals surface area contributed by atoms with Gasteiger partial charge in [0.25, 0.3) is 0 Å². The van der Waals surface area contributed by atoms with E-state index in [-0.39, 0.29) is 29.4 Å². The minimum atomic E-state index is -4.30. The summed E-state index contributed by atoms with van der Waals surface area (Å²) in [5.74, 6) is 0. The van der Waals surface area contributed by atoms with Gasteiger partial charge in [-0.15, -0.1) is 12.4 Å². The number of nitrogens with two attached hydrogens (primary N) is 1. The van der Waals surface area contributed by atoms with E-state index in [0.29, 0.717) is 19.4 Å². The van der Waals surface area contributed by atoms with Crippen LogP contribution in [0.15, 0.2) is 29.2 Å². The Bertz CT molecular complexity index is 518. The quantitative estimate of drug-likeness (QED) is 0.744. The number of rotatable bonds is 7. The molecule has 0 unspecified atom stereocenters. The highest BCUT2D eigenvalue weighted by Crippen LogP contribution is 2.22. The predicted molar refractivity (Wildman–Crippen MR) is 76.9 cm³/mol. The van der Waals surface area contributed by atoms with Crippen LogP contribution in [0, 0.1) is 0 Å². The maximum atomic E-state index is 12.2. The molecule has 1 aromatic carbocycles. The Morgan fingerprint density at radius 2 is 1.67 bits per heavy atom. The molecule has 0 aromatic heterocycles. The number of alkyl halides is 3. The van der Waals surface area contributed by atoms with E-state index in [1.807, 2.05) is 0 Å². The summed E-state index contributed by atoms with van der Waals surface area (Å²) in [6, 6.07) is 4.68. The van der Waals surface area contributed by atoms with Crippen molar-refractivity contribution in [2.45, 2.75) is 30.3 Å². The van der Waals surface area contributed by atoms with Crippen molar-refractivity contribution in [2.24, 2.45) is 5.73 Å². The molecular formula is C12H18ClF3N2O2S. The van der Waals surface area contributed by atoms with Crippen LogP contribution < -0.4 is 10.5 Å². The Labute approximate surface area is 128 Å². The third kappa shape index (κ3) is 7.66. The predicted octanol–water partition coefficient (Wildman–Crippen LogP) is 2.23. The van der Waals surface area contributed by atoms with Gasteiger partial charge in [-0.05, 0) is 37.1 Å². The Morgan fingerprint density at radius 3 is 2.14 bits per heavy atom. The van der Waals surface area contributed by atoms with Gasteiger partial charge in [0, 0.05) is 6.54 Å². The van der Waals surface area contributed by atoms with Crippen LogP contribution in [0.1, 0.15) is 18.4 Å². The fraction of sp³-hybridized carbons (Fsp3) is 0.500. The van der Waals surface area contributed by atoms with Crippen LogP contribution in [0.4, 0.5) is 13.2 Å². The lowest BCUT2D eigenvalue weighted by atomic mass is 10.1. The molecule has 21 heavy (non-hydrogen) atoms. The molecule has 0 heterocycles. The zero-order valence-electron chi connectivity index (χ0n) is 11.2. The maximum Gasteiger partial charge on any atom is 0.393 e. The zero-order valence-corrected chi connectivity index (χ0v) is 12.8. The van der Waals surface area contributed by atoms with E-state index in [1.54, 1.807) is 0 Å². The van der Waals surface area contributed by atoms with Crippen molar-refractivity contribution in [2.75, 3.05) is 13.1 Å². The summed E-state index contributed by atoms with van der Waals surface area (Å²) in [4.78, 5) is -0.0452. The summed E-state index contributed by atoms with van der Waals surface area (Å²) in [5, 5.41) is 0. The number of benzene rings is 1. The van der Waals surface area contributed by atoms with Gasteiger partial charge in [-0.3, -0.25) is 0 Å². The number of sulfonamides is 1. The summed E-state index contributed by atoms with van der Waals surface area (Å²) in [6.45, 7) is 0.734. The molecule has 0 bridgehead atoms. The average molecular weight is 347 g/mol. The summed E-state index contributed by atoms with van der Waals surface area (Å²) in [7, 11) is -3.67. The summed E-state index contributed by atoms with van der Waals surface area (Å²) in [5.41, 5.74) is 5.31. The average Bonchev–Trinajstić information content (AvgIpc) is 2.33. The Hall–Kier alpha value is -0.830. The lowest BCUT2D eigenvalue weighted by Crippen LogP contribution is -2.25. The zero-order chi connectivity index (χ0) is 15.2. The number of nitrogens with one attached hydrogen (secondary N) is 1. The van der Waals surface area contributed by atoms with Gasteiger partial charge in [-0.1, -0.05) is 12.1 Å². The molecule has 4 nitrogen and oxygen atoms in total. The van der Waals surface area contributed by atoms with E-state index in [1.165, 1.54) is 24.3 Å². The second kappa shape index (κ2) is 8.57. The van der Waals surface area contributed by atoms with Gasteiger partial charge in [0.05, 0.1) is 11.3 Å². The van der Waals surface area contributed by atoms with Crippen molar-refractivity contribution in [3.05, 3.63) is 29.8 Å². The van der Waals surface area contributed by atoms with Crippen molar-refractivity contribution in [3.63, 3.8) is 0 Å². The van der Waals surface area contributed by atoms with Crippen LogP contribution in [0.25, 0.3) is 0 Å². The van der Waals surface area contributed by atoms with Gasteiger partial charge in [0.1, 0.15) is 0 Å². The van der Waals surface area contributed by atoms with Crippen LogP contribution in [0.5, 0.6) is 0 Å². The van der Waals surface area contributed by atoms with Crippen LogP contribution in [0.3, 0.4) is 0 Å². The van der Waals surface area contributed by atoms with E-state index >= 15 is 0 Å². The fourth-order valence-electron chi connectivity index (χ4n) is 1.58. The number of unbranched alkanes of at least 4 members (excludes halogenated alkanes) is 1. The highest BCUT2D eigenvalue weighted by atomic mass is 35.5. The van der Waals surface area contributed by atoms with Crippen molar-refractivity contribution >= 4 is 22.4 Å². The number of halogens is 4. The molecular weight excluding hydrogens is 329 g/mol. The van der Waals surface area contributed by atoms with E-state index < -0.39 is 22.6 Å². The van der Waals surface area contributed by atoms with Gasteiger partial charge >= 0.3 is 6.18 Å². The molecule has 3 N–H and O–H groups in total. The Balaban J connectivity index is 0.00000400. The number of hydrogen-bond acceptors (Lipinski definition) is 3. The number of hydrogen-bond donors (Lipinski definition) is 2. The lowest BCUT2D eigenvalue weighted by molar-refractivity contribution is -0.127. The first kappa shape index (κ1) is 20.2. The molecule has 9 heteroatoms. The first-order chi connectivity index (χ1) is 9.24. The molecule has 0 radical (unpaired) electrons. The summed E-state index contributed by atoms with van der Waals surface area (Å²) >= 11 is 0. The second-order valence-corrected chi connectivity index (χ2v) is 6.10. The normalized spacial score (nSPS) is 12.0. The molecule has 0 aliphatic carbocycles. The fourth-order valence-corrected chi connectivity index (χ4v) is 2.65. The first-order valence-electron chi connectivity index (χ1n) is 6.10. The Kier molecular flexibility index (Phi) is 8.23. The smallest absolute Gasteiger partial charge is 0.330 e. The van der Waals surface area contributed by atoms with E-state index in [0.717, 1.165) is 0 Å². The van der Waals surface area contributed by atoms with Crippen molar-refractivity contribution in [1.29, 1.82) is 0 Å². The topological polar surface area (TPSA) is 72.2 Å². The highest BCUT2D eigenvalue weighted by molar-refractivity contribution is 7.89. The molecule has 0 atom stereocenters. The third-order valence-electron chi connectivity index (χ3n) is 2.56. The molecule has 1 rings (SSSR count). The Morgan fingerprint density at radius 1 is 1.10 bits per heavy atom. The summed E-state index contributed by atoms with van der Waals surface area (Å²) in [6.07, 6.45) is -4.06. The lowest BCUT2D eigenvalue weighted by Gasteiger charge is -2.09. The molecule has 1 aromatic rings. The molecule has 0 aliphatic heterocycles. The van der Waals surface area contributed by atoms with Crippen LogP contribution >= 0.6 is 12.4 Å². The summed E-state index contributed by atoms with van der Waals surface area (Å²) < 4.78 is 62.5. The van der Waals surface area contributed by atoms with Gasteiger partial charge in [0.2, 0.25) is 10.0 Å². The molecule has 0 fully saturated rings. The monoisotopic (exact) mass is 346 g/mol. The van der Waals surface area contributed by atoms with Crippen LogP contribution in [0.2, 0.25) is 0 Å². The molecule has 122 valence electrons. The molecule has 0 spiro atoms. The standard InChI is InChI=1S/C12H17F3N2O2S.ClH/c13-12(14,15)9-10-3-5-11(6-4-10)20(18,19)17-8-2-1-7-16;/h3-6,17H,1-2,7-9,16H2;1H. The van der Waals surface area contributed by atoms with E-state index in [2.05, 4.69) is 4.72 Å². The minimum Gasteiger partial charge on any atom is -0.330 e. The maximum absolute atomic E-state index is 12.2. The van der Waals surface area contributed by atoms with Gasteiger partial charge in [-0.25, -0.2) is 13.1 Å². The minimum absolute atomic E-state index is 0. The molecule has 0 saturated carbocycles. The first-order valence-corrected chi connectivity index (χ1v) is 7.58. The van der Waals surface area contributed by atoms with E-state index in [9.17, 15) is 21.6 Å². The van der Waals surface area contributed by atoms with Gasteiger partial charge < -0.3 is 5.73 Å². The van der Waals surface area contributed by atoms with Crippen LogP contribution in [-0.4, -0.2) is 27.7 Å². The second-order valence-electron chi connectivity index (χ2n) is 4.33. The van der Waals surface area contributed by atoms with Crippen LogP contribution in [-0.2, 0) is 16.4 Å².